The molecule has 0 aliphatic carbocycles. The Kier molecular flexibility index (Phi) is 7.41. The number of piperazine rings is 1. The number of nitrogens with zero attached hydrogens (tertiary/aromatic N) is 1. The lowest BCUT2D eigenvalue weighted by Gasteiger charge is -2.31. The minimum atomic E-state index is -3.32. The van der Waals surface area contributed by atoms with Gasteiger partial charge in [-0.25, -0.2) is 8.42 Å². The van der Waals surface area contributed by atoms with Crippen molar-refractivity contribution in [2.45, 2.75) is 18.6 Å². The largest absolute Gasteiger partial charge is 0.351 e. The zero-order valence-electron chi connectivity index (χ0n) is 16.9. The third-order valence-electron chi connectivity index (χ3n) is 5.40. The molecule has 1 aliphatic rings. The van der Waals surface area contributed by atoms with E-state index in [2.05, 4.69) is 24.4 Å². The second kappa shape index (κ2) is 10.0. The van der Waals surface area contributed by atoms with E-state index in [-0.39, 0.29) is 17.6 Å². The Morgan fingerprint density at radius 1 is 1.03 bits per heavy atom. The van der Waals surface area contributed by atoms with Crippen LogP contribution >= 0.6 is 0 Å². The summed E-state index contributed by atoms with van der Waals surface area (Å²) in [6.45, 7) is 5.29. The lowest BCUT2D eigenvalue weighted by Crippen LogP contribution is -3.15. The number of amides is 1. The molecule has 2 N–H and O–H groups in total. The quantitative estimate of drug-likeness (QED) is 0.663. The summed E-state index contributed by atoms with van der Waals surface area (Å²) in [5.74, 6) is 0.305. The van der Waals surface area contributed by atoms with Crippen molar-refractivity contribution in [3.05, 3.63) is 71.8 Å². The van der Waals surface area contributed by atoms with Gasteiger partial charge in [-0.05, 0) is 17.0 Å². The molecule has 0 unspecified atom stereocenters. The highest BCUT2D eigenvalue weighted by Gasteiger charge is 2.30. The van der Waals surface area contributed by atoms with Gasteiger partial charge in [0.2, 0.25) is 10.0 Å². The Balaban J connectivity index is 1.41. The molecule has 29 heavy (non-hydrogen) atoms. The molecule has 2 aromatic carbocycles. The molecule has 0 spiro atoms. The Morgan fingerprint density at radius 2 is 1.62 bits per heavy atom. The van der Waals surface area contributed by atoms with Crippen molar-refractivity contribution in [3.8, 4) is 0 Å². The highest BCUT2D eigenvalue weighted by atomic mass is 32.2. The molecule has 1 amide bonds. The number of carbonyl (C=O) groups is 1. The van der Waals surface area contributed by atoms with Crippen LogP contribution in [0.25, 0.3) is 0 Å². The Hall–Kier alpha value is -2.22. The number of quaternary nitrogens is 1. The van der Waals surface area contributed by atoms with Crippen LogP contribution in [0.1, 0.15) is 24.0 Å². The van der Waals surface area contributed by atoms with Crippen molar-refractivity contribution in [3.63, 3.8) is 0 Å². The molecule has 1 aliphatic heterocycles. The van der Waals surface area contributed by atoms with Gasteiger partial charge in [0.15, 0.2) is 6.54 Å². The molecule has 0 saturated carbocycles. The van der Waals surface area contributed by atoms with Crippen LogP contribution in [0.5, 0.6) is 0 Å². The molecule has 1 atom stereocenters. The van der Waals surface area contributed by atoms with Crippen LogP contribution < -0.4 is 10.2 Å². The molecule has 0 radical (unpaired) electrons. The van der Waals surface area contributed by atoms with Crippen molar-refractivity contribution in [1.82, 2.24) is 9.62 Å². The Morgan fingerprint density at radius 3 is 2.24 bits per heavy atom. The fourth-order valence-electron chi connectivity index (χ4n) is 3.59. The summed E-state index contributed by atoms with van der Waals surface area (Å²) in [5, 5.41) is 3.01. The van der Waals surface area contributed by atoms with E-state index in [1.54, 1.807) is 4.31 Å². The first-order valence-corrected chi connectivity index (χ1v) is 11.7. The maximum absolute atomic E-state index is 12.6. The van der Waals surface area contributed by atoms with Crippen LogP contribution in [-0.2, 0) is 20.6 Å². The molecule has 1 heterocycles. The highest BCUT2D eigenvalue weighted by Crippen LogP contribution is 2.13. The monoisotopic (exact) mass is 416 g/mol. The number of hydrogen-bond acceptors (Lipinski definition) is 3. The molecule has 156 valence electrons. The van der Waals surface area contributed by atoms with Gasteiger partial charge in [0.25, 0.3) is 5.91 Å². The van der Waals surface area contributed by atoms with Crippen molar-refractivity contribution in [2.75, 3.05) is 39.3 Å². The second-order valence-corrected chi connectivity index (χ2v) is 9.65. The minimum absolute atomic E-state index is 0.0170. The molecule has 0 bridgehead atoms. The van der Waals surface area contributed by atoms with Gasteiger partial charge in [0, 0.05) is 6.54 Å². The van der Waals surface area contributed by atoms with E-state index in [9.17, 15) is 13.2 Å². The standard InChI is InChI=1S/C22H29N3O3S/c1-19(21-10-6-3-7-11-21)16-23-22(26)17-24-12-14-25(15-13-24)29(27,28)18-20-8-4-2-5-9-20/h2-11,19H,12-18H2,1H3,(H,23,26)/p+1/t19-/m0/s1. The van der Waals surface area contributed by atoms with E-state index in [1.165, 1.54) is 5.56 Å². The summed E-state index contributed by atoms with van der Waals surface area (Å²) in [4.78, 5) is 13.4. The lowest BCUT2D eigenvalue weighted by molar-refractivity contribution is -0.895. The highest BCUT2D eigenvalue weighted by molar-refractivity contribution is 7.88. The lowest BCUT2D eigenvalue weighted by atomic mass is 10.0. The van der Waals surface area contributed by atoms with Crippen molar-refractivity contribution < 1.29 is 18.1 Å². The van der Waals surface area contributed by atoms with Crippen LogP contribution in [0.3, 0.4) is 0 Å². The molecule has 7 heteroatoms. The predicted molar refractivity (Wildman–Crippen MR) is 114 cm³/mol. The normalized spacial score (nSPS) is 17.0. The second-order valence-electron chi connectivity index (χ2n) is 7.68. The van der Waals surface area contributed by atoms with Gasteiger partial charge in [-0.2, -0.15) is 4.31 Å². The van der Waals surface area contributed by atoms with Crippen molar-refractivity contribution in [1.29, 1.82) is 0 Å². The van der Waals surface area contributed by atoms with Gasteiger partial charge in [-0.3, -0.25) is 4.79 Å². The van der Waals surface area contributed by atoms with E-state index < -0.39 is 10.0 Å². The summed E-state index contributed by atoms with van der Waals surface area (Å²) >= 11 is 0. The number of sulfonamides is 1. The maximum atomic E-state index is 12.6. The van der Waals surface area contributed by atoms with Crippen LogP contribution in [-0.4, -0.2) is 57.9 Å². The molecule has 6 nitrogen and oxygen atoms in total. The molecule has 2 aromatic rings. The van der Waals surface area contributed by atoms with Crippen molar-refractivity contribution in [2.24, 2.45) is 0 Å². The summed E-state index contributed by atoms with van der Waals surface area (Å²) in [6.07, 6.45) is 0. The zero-order valence-corrected chi connectivity index (χ0v) is 17.7. The van der Waals surface area contributed by atoms with Crippen LogP contribution in [0.4, 0.5) is 0 Å². The molecule has 0 aromatic heterocycles. The fraction of sp³-hybridized carbons (Fsp3) is 0.409. The number of benzene rings is 2. The zero-order chi connectivity index (χ0) is 20.7. The molecule has 3 rings (SSSR count). The number of carbonyl (C=O) groups excluding carboxylic acids is 1. The predicted octanol–water partition coefficient (Wildman–Crippen LogP) is 0.637. The van der Waals surface area contributed by atoms with Gasteiger partial charge in [-0.1, -0.05) is 67.6 Å². The summed E-state index contributed by atoms with van der Waals surface area (Å²) in [7, 11) is -3.32. The van der Waals surface area contributed by atoms with Gasteiger partial charge in [-0.15, -0.1) is 0 Å². The topological polar surface area (TPSA) is 70.9 Å². The van der Waals surface area contributed by atoms with E-state index in [0.717, 1.165) is 10.5 Å². The van der Waals surface area contributed by atoms with Gasteiger partial charge in [0.05, 0.1) is 31.9 Å². The van der Waals surface area contributed by atoms with Crippen molar-refractivity contribution >= 4 is 15.9 Å². The Labute approximate surface area is 173 Å². The van der Waals surface area contributed by atoms with Gasteiger partial charge in [0.1, 0.15) is 0 Å². The van der Waals surface area contributed by atoms with Crippen LogP contribution in [0.2, 0.25) is 0 Å². The van der Waals surface area contributed by atoms with E-state index in [0.29, 0.717) is 39.3 Å². The first-order valence-electron chi connectivity index (χ1n) is 10.1. The number of nitrogens with one attached hydrogen (secondary N) is 2. The molecule has 1 fully saturated rings. The average molecular weight is 417 g/mol. The fourth-order valence-corrected chi connectivity index (χ4v) is 5.12. The average Bonchev–Trinajstić information content (AvgIpc) is 2.73. The van der Waals surface area contributed by atoms with Crippen LogP contribution in [0.15, 0.2) is 60.7 Å². The molecule has 1 saturated heterocycles. The van der Waals surface area contributed by atoms with E-state index >= 15 is 0 Å². The first kappa shape index (κ1) is 21.5. The number of hydrogen-bond donors (Lipinski definition) is 2. The van der Waals surface area contributed by atoms with Gasteiger partial charge >= 0.3 is 0 Å². The number of rotatable bonds is 8. The molecular formula is C22H30N3O3S+. The minimum Gasteiger partial charge on any atom is -0.351 e. The van der Waals surface area contributed by atoms with E-state index in [4.69, 9.17) is 0 Å². The molecular weight excluding hydrogens is 386 g/mol. The SMILES string of the molecule is C[C@@H](CNC(=O)C[NH+]1CCN(S(=O)(=O)Cc2ccccc2)CC1)c1ccccc1. The summed E-state index contributed by atoms with van der Waals surface area (Å²) in [6, 6.07) is 19.4. The maximum Gasteiger partial charge on any atom is 0.275 e. The summed E-state index contributed by atoms with van der Waals surface area (Å²) in [5.41, 5.74) is 2.01. The first-order chi connectivity index (χ1) is 13.9. The Bertz CT molecular complexity index is 880. The van der Waals surface area contributed by atoms with Crippen LogP contribution in [0, 0.1) is 0 Å². The smallest absolute Gasteiger partial charge is 0.275 e. The van der Waals surface area contributed by atoms with Gasteiger partial charge < -0.3 is 10.2 Å². The third kappa shape index (κ3) is 6.39. The van der Waals surface area contributed by atoms with E-state index in [1.807, 2.05) is 48.5 Å². The third-order valence-corrected chi connectivity index (χ3v) is 7.25. The summed E-state index contributed by atoms with van der Waals surface area (Å²) < 4.78 is 26.8.